The Morgan fingerprint density at radius 3 is 2.81 bits per heavy atom. The van der Waals surface area contributed by atoms with Crippen LogP contribution < -0.4 is 4.74 Å². The number of benzene rings is 1. The first kappa shape index (κ1) is 21.1. The smallest absolute Gasteiger partial charge is 0.320 e. The molecule has 1 aromatic carbocycles. The lowest BCUT2D eigenvalue weighted by molar-refractivity contribution is -0.148. The minimum Gasteiger partial charge on any atom is -0.496 e. The van der Waals surface area contributed by atoms with Crippen molar-refractivity contribution in [2.75, 3.05) is 26.7 Å². The molecule has 3 aromatic rings. The maximum absolute atomic E-state index is 13.9. The number of pyridine rings is 1. The summed E-state index contributed by atoms with van der Waals surface area (Å²) >= 11 is 0. The Labute approximate surface area is 180 Å². The van der Waals surface area contributed by atoms with Gasteiger partial charge in [0, 0.05) is 35.9 Å². The monoisotopic (exact) mass is 423 g/mol. The molecule has 1 aliphatic rings. The maximum atomic E-state index is 13.9. The lowest BCUT2D eigenvalue weighted by Gasteiger charge is -2.25. The minimum atomic E-state index is -0.317. The third-order valence-corrected chi connectivity index (χ3v) is 5.34. The molecule has 0 radical (unpaired) electrons. The molecule has 1 aliphatic heterocycles. The first-order valence-electron chi connectivity index (χ1n) is 10.4. The number of aromatic amines is 1. The summed E-state index contributed by atoms with van der Waals surface area (Å²) in [4.78, 5) is 21.8. The van der Waals surface area contributed by atoms with Gasteiger partial charge in [0.05, 0.1) is 19.8 Å². The van der Waals surface area contributed by atoms with Crippen LogP contribution >= 0.6 is 0 Å². The highest BCUT2D eigenvalue weighted by Crippen LogP contribution is 2.36. The van der Waals surface area contributed by atoms with E-state index in [9.17, 15) is 9.18 Å². The molecule has 1 N–H and O–H groups in total. The molecule has 0 bridgehead atoms. The molecule has 31 heavy (non-hydrogen) atoms. The number of rotatable bonds is 6. The summed E-state index contributed by atoms with van der Waals surface area (Å²) in [6.45, 7) is 5.44. The Morgan fingerprint density at radius 2 is 2.10 bits per heavy atom. The number of hydrogen-bond donors (Lipinski definition) is 1. The number of nitrogens with zero attached hydrogens (tertiary/aromatic N) is 2. The average molecular weight is 423 g/mol. The fourth-order valence-corrected chi connectivity index (χ4v) is 3.91. The highest BCUT2D eigenvalue weighted by molar-refractivity contribution is 5.96. The van der Waals surface area contributed by atoms with Crippen molar-refractivity contribution in [1.29, 1.82) is 0 Å². The van der Waals surface area contributed by atoms with Crippen LogP contribution in [-0.2, 0) is 9.53 Å². The molecule has 6 nitrogen and oxygen atoms in total. The molecule has 3 heterocycles. The van der Waals surface area contributed by atoms with Gasteiger partial charge in [-0.2, -0.15) is 0 Å². The summed E-state index contributed by atoms with van der Waals surface area (Å²) in [7, 11) is 1.58. The highest BCUT2D eigenvalue weighted by Gasteiger charge is 2.19. The van der Waals surface area contributed by atoms with Crippen LogP contribution in [-0.4, -0.2) is 53.7 Å². The number of halogens is 1. The Balaban J connectivity index is 1.59. The second kappa shape index (κ2) is 8.89. The van der Waals surface area contributed by atoms with Gasteiger partial charge in [0.1, 0.15) is 17.2 Å². The van der Waals surface area contributed by atoms with E-state index in [1.165, 1.54) is 17.7 Å². The van der Waals surface area contributed by atoms with Gasteiger partial charge in [-0.1, -0.05) is 6.08 Å². The Bertz CT molecular complexity index is 1140. The van der Waals surface area contributed by atoms with Crippen LogP contribution in [0, 0.1) is 5.82 Å². The van der Waals surface area contributed by atoms with Gasteiger partial charge in [-0.15, -0.1) is 0 Å². The van der Waals surface area contributed by atoms with Gasteiger partial charge >= 0.3 is 5.97 Å². The van der Waals surface area contributed by atoms with Crippen molar-refractivity contribution in [3.8, 4) is 16.9 Å². The van der Waals surface area contributed by atoms with Crippen LogP contribution in [0.2, 0.25) is 0 Å². The summed E-state index contributed by atoms with van der Waals surface area (Å²) < 4.78 is 24.6. The third kappa shape index (κ3) is 4.61. The maximum Gasteiger partial charge on any atom is 0.320 e. The summed E-state index contributed by atoms with van der Waals surface area (Å²) in [6, 6.07) is 8.42. The van der Waals surface area contributed by atoms with Crippen LogP contribution in [0.1, 0.15) is 26.0 Å². The number of esters is 1. The summed E-state index contributed by atoms with van der Waals surface area (Å²) in [6.07, 6.45) is 4.53. The fourth-order valence-electron chi connectivity index (χ4n) is 3.91. The highest BCUT2D eigenvalue weighted by atomic mass is 19.1. The van der Waals surface area contributed by atoms with Gasteiger partial charge < -0.3 is 14.5 Å². The van der Waals surface area contributed by atoms with Gasteiger partial charge in [0.2, 0.25) is 0 Å². The lowest BCUT2D eigenvalue weighted by Crippen LogP contribution is -2.35. The van der Waals surface area contributed by atoms with E-state index in [0.717, 1.165) is 35.3 Å². The topological polar surface area (TPSA) is 67.5 Å². The second-order valence-electron chi connectivity index (χ2n) is 7.90. The normalized spacial score (nSPS) is 14.7. The van der Waals surface area contributed by atoms with Crippen LogP contribution in [0.25, 0.3) is 27.7 Å². The SMILES string of the molecule is COc1ccc(F)cc1-c1ccnc2[nH]c(C3=CCN(CC(=O)OC(C)C)CC3)cc12. The molecule has 4 rings (SSSR count). The zero-order chi connectivity index (χ0) is 22.0. The first-order valence-corrected chi connectivity index (χ1v) is 10.4. The van der Waals surface area contributed by atoms with Crippen molar-refractivity contribution in [1.82, 2.24) is 14.9 Å². The molecule has 0 amide bonds. The molecule has 0 saturated carbocycles. The quantitative estimate of drug-likeness (QED) is 0.595. The minimum absolute atomic E-state index is 0.104. The van der Waals surface area contributed by atoms with Crippen molar-refractivity contribution in [2.24, 2.45) is 0 Å². The average Bonchev–Trinajstić information content (AvgIpc) is 3.18. The van der Waals surface area contributed by atoms with Gasteiger partial charge in [-0.05, 0) is 61.7 Å². The van der Waals surface area contributed by atoms with E-state index in [1.807, 2.05) is 19.9 Å². The Kier molecular flexibility index (Phi) is 6.04. The molecule has 7 heteroatoms. The van der Waals surface area contributed by atoms with Crippen molar-refractivity contribution in [3.05, 3.63) is 54.1 Å². The predicted molar refractivity (Wildman–Crippen MR) is 118 cm³/mol. The van der Waals surface area contributed by atoms with Gasteiger partial charge in [0.15, 0.2) is 0 Å². The Hall–Kier alpha value is -3.19. The molecule has 0 atom stereocenters. The van der Waals surface area contributed by atoms with E-state index in [1.54, 1.807) is 19.4 Å². The number of ether oxygens (including phenoxy) is 2. The number of fused-ring (bicyclic) bond motifs is 1. The summed E-state index contributed by atoms with van der Waals surface area (Å²) in [5.74, 6) is 0.0930. The van der Waals surface area contributed by atoms with Crippen molar-refractivity contribution in [2.45, 2.75) is 26.4 Å². The van der Waals surface area contributed by atoms with E-state index in [4.69, 9.17) is 9.47 Å². The van der Waals surface area contributed by atoms with Crippen LogP contribution in [0.5, 0.6) is 5.75 Å². The Morgan fingerprint density at radius 1 is 1.26 bits per heavy atom. The number of methoxy groups -OCH3 is 1. The molecule has 0 unspecified atom stereocenters. The van der Waals surface area contributed by atoms with Crippen molar-refractivity contribution >= 4 is 22.6 Å². The number of carbonyl (C=O) groups excluding carboxylic acids is 1. The molecule has 162 valence electrons. The molecule has 0 aliphatic carbocycles. The van der Waals surface area contributed by atoms with E-state index in [2.05, 4.69) is 27.0 Å². The molecular formula is C24H26FN3O3. The second-order valence-corrected chi connectivity index (χ2v) is 7.90. The largest absolute Gasteiger partial charge is 0.496 e. The van der Waals surface area contributed by atoms with E-state index >= 15 is 0 Å². The van der Waals surface area contributed by atoms with Gasteiger partial charge in [0.25, 0.3) is 0 Å². The number of aromatic nitrogens is 2. The van der Waals surface area contributed by atoms with Crippen molar-refractivity contribution in [3.63, 3.8) is 0 Å². The van der Waals surface area contributed by atoms with Crippen molar-refractivity contribution < 1.29 is 18.7 Å². The summed E-state index contributed by atoms with van der Waals surface area (Å²) in [5, 5.41) is 0.908. The standard InChI is InChI=1S/C24H26FN3O3/c1-15(2)31-23(29)14-28-10-7-16(8-11-28)21-13-20-18(6-9-26-24(20)27-21)19-12-17(25)4-5-22(19)30-3/h4-7,9,12-13,15H,8,10-11,14H2,1-3H3,(H,26,27). The van der Waals surface area contributed by atoms with E-state index < -0.39 is 0 Å². The molecular weight excluding hydrogens is 397 g/mol. The lowest BCUT2D eigenvalue weighted by atomic mass is 10.0. The van der Waals surface area contributed by atoms with Crippen LogP contribution in [0.4, 0.5) is 4.39 Å². The fraction of sp³-hybridized carbons (Fsp3) is 0.333. The van der Waals surface area contributed by atoms with Crippen LogP contribution in [0.3, 0.4) is 0 Å². The third-order valence-electron chi connectivity index (χ3n) is 5.34. The number of hydrogen-bond acceptors (Lipinski definition) is 5. The molecule has 0 spiro atoms. The van der Waals surface area contributed by atoms with E-state index in [0.29, 0.717) is 24.4 Å². The molecule has 0 saturated heterocycles. The molecule has 0 fully saturated rings. The summed E-state index contributed by atoms with van der Waals surface area (Å²) in [5.41, 5.74) is 4.44. The van der Waals surface area contributed by atoms with E-state index in [-0.39, 0.29) is 17.9 Å². The van der Waals surface area contributed by atoms with Gasteiger partial charge in [-0.25, -0.2) is 9.37 Å². The number of carbonyl (C=O) groups is 1. The molecule has 2 aromatic heterocycles. The van der Waals surface area contributed by atoms with Gasteiger partial charge in [-0.3, -0.25) is 9.69 Å². The van der Waals surface area contributed by atoms with Crippen LogP contribution in [0.15, 0.2) is 42.6 Å². The predicted octanol–water partition coefficient (Wildman–Crippen LogP) is 4.42. The zero-order valence-electron chi connectivity index (χ0n) is 17.9. The first-order chi connectivity index (χ1) is 14.9. The number of H-pyrrole nitrogens is 1. The number of nitrogens with one attached hydrogen (secondary N) is 1. The zero-order valence-corrected chi connectivity index (χ0v) is 17.9.